The van der Waals surface area contributed by atoms with Gasteiger partial charge in [0.2, 0.25) is 0 Å². The Kier molecular flexibility index (Phi) is 4.82. The summed E-state index contributed by atoms with van der Waals surface area (Å²) in [4.78, 5) is 22.3. The molecule has 0 saturated heterocycles. The number of carboxylic acids is 1. The fraction of sp³-hybridized carbons (Fsp3) is 0.353. The molecule has 0 amide bonds. The first-order valence-electron chi connectivity index (χ1n) is 7.63. The Balaban J connectivity index is 1.84. The van der Waals surface area contributed by atoms with Gasteiger partial charge in [-0.1, -0.05) is 12.1 Å². The topological polar surface area (TPSA) is 75.6 Å². The Hall–Kier alpha value is -2.38. The number of rotatable bonds is 5. The SMILES string of the molecule is COCc1ncc2c(n1)CCN(C(C(=O)O)c1ccc(F)cc1)C2. The minimum atomic E-state index is -0.957. The first-order valence-corrected chi connectivity index (χ1v) is 7.63. The van der Waals surface area contributed by atoms with E-state index < -0.39 is 12.0 Å². The first-order chi connectivity index (χ1) is 11.6. The molecule has 1 unspecified atom stereocenters. The fourth-order valence-corrected chi connectivity index (χ4v) is 2.95. The maximum atomic E-state index is 13.1. The second-order valence-electron chi connectivity index (χ2n) is 5.70. The van der Waals surface area contributed by atoms with Gasteiger partial charge in [-0.3, -0.25) is 9.69 Å². The molecule has 0 radical (unpaired) electrons. The van der Waals surface area contributed by atoms with Crippen molar-refractivity contribution in [3.8, 4) is 0 Å². The van der Waals surface area contributed by atoms with Gasteiger partial charge in [0.1, 0.15) is 18.5 Å². The van der Waals surface area contributed by atoms with E-state index in [1.165, 1.54) is 24.3 Å². The summed E-state index contributed by atoms with van der Waals surface area (Å²) in [7, 11) is 1.59. The molecule has 3 rings (SSSR count). The molecule has 1 aromatic carbocycles. The van der Waals surface area contributed by atoms with Crippen molar-refractivity contribution >= 4 is 5.97 Å². The zero-order chi connectivity index (χ0) is 17.1. The summed E-state index contributed by atoms with van der Waals surface area (Å²) in [5, 5.41) is 9.63. The number of halogens is 1. The normalized spacial score (nSPS) is 15.8. The van der Waals surface area contributed by atoms with E-state index in [1.807, 2.05) is 4.90 Å². The maximum Gasteiger partial charge on any atom is 0.325 e. The predicted octanol–water partition coefficient (Wildman–Crippen LogP) is 1.95. The summed E-state index contributed by atoms with van der Waals surface area (Å²) in [6.45, 7) is 1.35. The second-order valence-corrected chi connectivity index (χ2v) is 5.70. The van der Waals surface area contributed by atoms with Crippen molar-refractivity contribution in [3.63, 3.8) is 0 Å². The van der Waals surface area contributed by atoms with E-state index in [0.717, 1.165) is 11.3 Å². The third kappa shape index (κ3) is 3.42. The monoisotopic (exact) mass is 331 g/mol. The number of hydrogen-bond donors (Lipinski definition) is 1. The molecule has 0 bridgehead atoms. The molecule has 1 aliphatic rings. The number of benzene rings is 1. The Bertz CT molecular complexity index is 736. The third-order valence-electron chi connectivity index (χ3n) is 4.07. The third-order valence-corrected chi connectivity index (χ3v) is 4.07. The fourth-order valence-electron chi connectivity index (χ4n) is 2.95. The number of carboxylic acid groups (broad SMARTS) is 1. The highest BCUT2D eigenvalue weighted by Crippen LogP contribution is 2.27. The molecule has 1 aromatic heterocycles. The molecule has 2 heterocycles. The minimum Gasteiger partial charge on any atom is -0.480 e. The molecule has 7 heteroatoms. The van der Waals surface area contributed by atoms with Crippen molar-refractivity contribution in [2.75, 3.05) is 13.7 Å². The molecule has 0 fully saturated rings. The van der Waals surface area contributed by atoms with Crippen LogP contribution in [-0.2, 0) is 29.1 Å². The van der Waals surface area contributed by atoms with Crippen LogP contribution >= 0.6 is 0 Å². The van der Waals surface area contributed by atoms with Gasteiger partial charge < -0.3 is 9.84 Å². The summed E-state index contributed by atoms with van der Waals surface area (Å²) in [5.41, 5.74) is 2.40. The van der Waals surface area contributed by atoms with Crippen LogP contribution in [0.15, 0.2) is 30.5 Å². The highest BCUT2D eigenvalue weighted by molar-refractivity contribution is 5.75. The zero-order valence-corrected chi connectivity index (χ0v) is 13.3. The molecular weight excluding hydrogens is 313 g/mol. The molecule has 6 nitrogen and oxygen atoms in total. The second kappa shape index (κ2) is 7.02. The van der Waals surface area contributed by atoms with Gasteiger partial charge in [-0.15, -0.1) is 0 Å². The van der Waals surface area contributed by atoms with E-state index in [9.17, 15) is 14.3 Å². The summed E-state index contributed by atoms with van der Waals surface area (Å²) >= 11 is 0. The molecule has 0 saturated carbocycles. The van der Waals surface area contributed by atoms with Gasteiger partial charge >= 0.3 is 5.97 Å². The number of ether oxygens (including phenoxy) is 1. The van der Waals surface area contributed by atoms with Crippen LogP contribution in [0.4, 0.5) is 4.39 Å². The number of carbonyl (C=O) groups is 1. The van der Waals surface area contributed by atoms with Crippen LogP contribution in [0.1, 0.15) is 28.7 Å². The maximum absolute atomic E-state index is 13.1. The molecule has 2 aromatic rings. The van der Waals surface area contributed by atoms with E-state index in [-0.39, 0.29) is 5.82 Å². The van der Waals surface area contributed by atoms with Gasteiger partial charge in [-0.05, 0) is 17.7 Å². The molecule has 1 aliphatic heterocycles. The molecule has 0 aliphatic carbocycles. The number of aromatic nitrogens is 2. The van der Waals surface area contributed by atoms with Crippen LogP contribution in [-0.4, -0.2) is 39.6 Å². The molecule has 1 N–H and O–H groups in total. The lowest BCUT2D eigenvalue weighted by atomic mass is 10.0. The van der Waals surface area contributed by atoms with Crippen LogP contribution in [0.3, 0.4) is 0 Å². The number of hydrogen-bond acceptors (Lipinski definition) is 5. The van der Waals surface area contributed by atoms with Crippen LogP contribution < -0.4 is 0 Å². The van der Waals surface area contributed by atoms with Crippen molar-refractivity contribution in [1.82, 2.24) is 14.9 Å². The van der Waals surface area contributed by atoms with E-state index in [4.69, 9.17) is 4.74 Å². The van der Waals surface area contributed by atoms with Gasteiger partial charge in [0.15, 0.2) is 5.82 Å². The number of methoxy groups -OCH3 is 1. The predicted molar refractivity (Wildman–Crippen MR) is 83.6 cm³/mol. The van der Waals surface area contributed by atoms with Gasteiger partial charge in [0.05, 0.1) is 0 Å². The van der Waals surface area contributed by atoms with Crippen molar-refractivity contribution in [2.24, 2.45) is 0 Å². The number of aliphatic carboxylic acids is 1. The summed E-state index contributed by atoms with van der Waals surface area (Å²) in [6.07, 6.45) is 2.37. The number of fused-ring (bicyclic) bond motifs is 1. The summed E-state index contributed by atoms with van der Waals surface area (Å²) < 4.78 is 18.1. The average Bonchev–Trinajstić information content (AvgIpc) is 2.57. The Morgan fingerprint density at radius 1 is 1.42 bits per heavy atom. The smallest absolute Gasteiger partial charge is 0.325 e. The Morgan fingerprint density at radius 2 is 2.17 bits per heavy atom. The lowest BCUT2D eigenvalue weighted by Gasteiger charge is -2.33. The summed E-state index contributed by atoms with van der Waals surface area (Å²) in [6, 6.07) is 4.77. The van der Waals surface area contributed by atoms with Crippen LogP contribution in [0.25, 0.3) is 0 Å². The van der Waals surface area contributed by atoms with Gasteiger partial charge in [0, 0.05) is 44.1 Å². The molecular formula is C17H18FN3O3. The lowest BCUT2D eigenvalue weighted by Crippen LogP contribution is -2.38. The van der Waals surface area contributed by atoms with Crippen molar-refractivity contribution in [1.29, 1.82) is 0 Å². The largest absolute Gasteiger partial charge is 0.480 e. The van der Waals surface area contributed by atoms with Crippen LogP contribution in [0, 0.1) is 5.82 Å². The van der Waals surface area contributed by atoms with Gasteiger partial charge in [0.25, 0.3) is 0 Å². The van der Waals surface area contributed by atoms with E-state index in [0.29, 0.717) is 37.5 Å². The summed E-state index contributed by atoms with van der Waals surface area (Å²) in [5.74, 6) is -0.717. The Morgan fingerprint density at radius 3 is 2.83 bits per heavy atom. The quantitative estimate of drug-likeness (QED) is 0.902. The van der Waals surface area contributed by atoms with Crippen molar-refractivity contribution in [3.05, 3.63) is 58.9 Å². The van der Waals surface area contributed by atoms with Gasteiger partial charge in [-0.2, -0.15) is 0 Å². The van der Waals surface area contributed by atoms with Crippen molar-refractivity contribution < 1.29 is 19.0 Å². The van der Waals surface area contributed by atoms with E-state index >= 15 is 0 Å². The first kappa shape index (κ1) is 16.5. The molecule has 0 spiro atoms. The molecule has 1 atom stereocenters. The highest BCUT2D eigenvalue weighted by atomic mass is 19.1. The highest BCUT2D eigenvalue weighted by Gasteiger charge is 2.30. The molecule has 126 valence electrons. The standard InChI is InChI=1S/C17H18FN3O3/c1-24-10-15-19-8-12-9-21(7-6-14(12)20-15)16(17(22)23)11-2-4-13(18)5-3-11/h2-5,8,16H,6-7,9-10H2,1H3,(H,22,23). The minimum absolute atomic E-state index is 0.352. The molecule has 24 heavy (non-hydrogen) atoms. The van der Waals surface area contributed by atoms with E-state index in [1.54, 1.807) is 13.3 Å². The van der Waals surface area contributed by atoms with Crippen molar-refractivity contribution in [2.45, 2.75) is 25.6 Å². The van der Waals surface area contributed by atoms with Crippen LogP contribution in [0.2, 0.25) is 0 Å². The van der Waals surface area contributed by atoms with Crippen LogP contribution in [0.5, 0.6) is 0 Å². The lowest BCUT2D eigenvalue weighted by molar-refractivity contribution is -0.144. The zero-order valence-electron chi connectivity index (χ0n) is 13.3. The average molecular weight is 331 g/mol. The van der Waals surface area contributed by atoms with E-state index in [2.05, 4.69) is 9.97 Å². The van der Waals surface area contributed by atoms with Gasteiger partial charge in [-0.25, -0.2) is 14.4 Å². The Labute approximate surface area is 138 Å². The number of nitrogens with zero attached hydrogens (tertiary/aromatic N) is 3.